The summed E-state index contributed by atoms with van der Waals surface area (Å²) in [7, 11) is -4.69. The monoisotopic (exact) mass is 200 g/mol. The lowest BCUT2D eigenvalue weighted by Crippen LogP contribution is -2.24. The van der Waals surface area contributed by atoms with Crippen LogP contribution >= 0.6 is 7.60 Å². The molecule has 0 atom stereocenters. The minimum atomic E-state index is -4.69. The molecule has 0 saturated carbocycles. The Morgan fingerprint density at radius 1 is 1.23 bits per heavy atom. The Balaban J connectivity index is 2.48. The molecule has 0 bridgehead atoms. The second kappa shape index (κ2) is 2.73. The summed E-state index contributed by atoms with van der Waals surface area (Å²) >= 11 is 0. The van der Waals surface area contributed by atoms with Crippen molar-refractivity contribution in [3.05, 3.63) is 18.2 Å². The third-order valence-electron chi connectivity index (χ3n) is 1.67. The summed E-state index contributed by atoms with van der Waals surface area (Å²) in [5.74, 6) is 0.752. The Morgan fingerprint density at radius 2 is 1.92 bits per heavy atom. The SMILES string of the molecule is O=P([O-])([O-])c1ccc2c(c1)OCO2. The van der Waals surface area contributed by atoms with Gasteiger partial charge in [-0.1, -0.05) is 0 Å². The molecule has 0 saturated heterocycles. The van der Waals surface area contributed by atoms with Crippen molar-refractivity contribution < 1.29 is 23.8 Å². The predicted octanol–water partition coefficient (Wildman–Crippen LogP) is -1.05. The Kier molecular flexibility index (Phi) is 1.80. The highest BCUT2D eigenvalue weighted by Crippen LogP contribution is 2.34. The summed E-state index contributed by atoms with van der Waals surface area (Å²) in [4.78, 5) is 21.2. The molecular formula is C7H5O5P-2. The van der Waals surface area contributed by atoms with Gasteiger partial charge in [-0.25, -0.2) is 0 Å². The summed E-state index contributed by atoms with van der Waals surface area (Å²) in [6, 6.07) is 3.78. The summed E-state index contributed by atoms with van der Waals surface area (Å²) in [5.41, 5.74) is 0. The fraction of sp³-hybridized carbons (Fsp3) is 0.143. The first kappa shape index (κ1) is 8.56. The van der Waals surface area contributed by atoms with Gasteiger partial charge in [0.25, 0.3) is 0 Å². The molecule has 0 unspecified atom stereocenters. The highest BCUT2D eigenvalue weighted by atomic mass is 31.2. The normalized spacial score (nSPS) is 14.6. The lowest BCUT2D eigenvalue weighted by atomic mass is 10.3. The van der Waals surface area contributed by atoms with E-state index in [0.29, 0.717) is 11.5 Å². The molecule has 5 nitrogen and oxygen atoms in total. The molecular weight excluding hydrogens is 195 g/mol. The van der Waals surface area contributed by atoms with E-state index in [0.717, 1.165) is 0 Å². The molecule has 1 aliphatic rings. The van der Waals surface area contributed by atoms with Crippen molar-refractivity contribution in [1.29, 1.82) is 0 Å². The molecule has 0 spiro atoms. The van der Waals surface area contributed by atoms with E-state index in [1.807, 2.05) is 0 Å². The summed E-state index contributed by atoms with van der Waals surface area (Å²) < 4.78 is 20.5. The highest BCUT2D eigenvalue weighted by Gasteiger charge is 2.13. The molecule has 0 aliphatic carbocycles. The van der Waals surface area contributed by atoms with Gasteiger partial charge in [0, 0.05) is 0 Å². The van der Waals surface area contributed by atoms with Crippen LogP contribution in [0.2, 0.25) is 0 Å². The number of ether oxygens (including phenoxy) is 2. The van der Waals surface area contributed by atoms with Crippen LogP contribution in [0.1, 0.15) is 0 Å². The van der Waals surface area contributed by atoms with E-state index >= 15 is 0 Å². The van der Waals surface area contributed by atoms with Crippen LogP contribution in [0.15, 0.2) is 18.2 Å². The van der Waals surface area contributed by atoms with Crippen LogP contribution in [-0.4, -0.2) is 6.79 Å². The number of rotatable bonds is 1. The Bertz CT molecular complexity index is 382. The zero-order valence-electron chi connectivity index (χ0n) is 6.43. The van der Waals surface area contributed by atoms with Crippen LogP contribution in [0.4, 0.5) is 0 Å². The lowest BCUT2D eigenvalue weighted by molar-refractivity contribution is -0.307. The maximum atomic E-state index is 10.6. The molecule has 1 aromatic carbocycles. The van der Waals surface area contributed by atoms with Gasteiger partial charge in [-0.2, -0.15) is 0 Å². The Labute approximate surface area is 74.1 Å². The van der Waals surface area contributed by atoms with Crippen LogP contribution in [0.5, 0.6) is 11.5 Å². The molecule has 0 amide bonds. The van der Waals surface area contributed by atoms with Crippen LogP contribution in [0.25, 0.3) is 0 Å². The van der Waals surface area contributed by atoms with Crippen LogP contribution < -0.4 is 24.6 Å². The number of hydrogen-bond acceptors (Lipinski definition) is 5. The first-order valence-electron chi connectivity index (χ1n) is 3.49. The van der Waals surface area contributed by atoms with Gasteiger partial charge < -0.3 is 23.8 Å². The molecule has 2 rings (SSSR count). The number of fused-ring (bicyclic) bond motifs is 1. The van der Waals surface area contributed by atoms with Gasteiger partial charge in [0.05, 0.1) is 0 Å². The number of benzene rings is 1. The Morgan fingerprint density at radius 3 is 2.62 bits per heavy atom. The third kappa shape index (κ3) is 1.54. The second-order valence-corrected chi connectivity index (χ2v) is 4.05. The van der Waals surface area contributed by atoms with E-state index in [2.05, 4.69) is 0 Å². The smallest absolute Gasteiger partial charge is 0.231 e. The first-order valence-corrected chi connectivity index (χ1v) is 5.04. The van der Waals surface area contributed by atoms with E-state index in [1.54, 1.807) is 0 Å². The van der Waals surface area contributed by atoms with Gasteiger partial charge in [0.15, 0.2) is 11.5 Å². The maximum absolute atomic E-state index is 10.6. The van der Waals surface area contributed by atoms with Crippen molar-refractivity contribution in [2.24, 2.45) is 0 Å². The van der Waals surface area contributed by atoms with E-state index in [4.69, 9.17) is 9.47 Å². The second-order valence-electron chi connectivity index (χ2n) is 2.54. The topological polar surface area (TPSA) is 81.7 Å². The van der Waals surface area contributed by atoms with Crippen LogP contribution in [-0.2, 0) is 4.57 Å². The molecule has 1 heterocycles. The van der Waals surface area contributed by atoms with Gasteiger partial charge in [0.2, 0.25) is 6.79 Å². The van der Waals surface area contributed by atoms with Crippen molar-refractivity contribution in [2.75, 3.05) is 6.79 Å². The molecule has 1 aromatic rings. The van der Waals surface area contributed by atoms with Crippen molar-refractivity contribution in [2.45, 2.75) is 0 Å². The van der Waals surface area contributed by atoms with Gasteiger partial charge >= 0.3 is 0 Å². The molecule has 6 heteroatoms. The first-order chi connectivity index (χ1) is 6.07. The molecule has 0 fully saturated rings. The Hall–Kier alpha value is -1.03. The predicted molar refractivity (Wildman–Crippen MR) is 39.8 cm³/mol. The highest BCUT2D eigenvalue weighted by molar-refractivity contribution is 7.57. The maximum Gasteiger partial charge on any atom is 0.231 e. The fourth-order valence-electron chi connectivity index (χ4n) is 1.06. The van der Waals surface area contributed by atoms with Gasteiger partial charge in [-0.15, -0.1) is 0 Å². The molecule has 0 radical (unpaired) electrons. The van der Waals surface area contributed by atoms with E-state index in [1.165, 1.54) is 18.2 Å². The van der Waals surface area contributed by atoms with Crippen LogP contribution in [0.3, 0.4) is 0 Å². The van der Waals surface area contributed by atoms with Crippen LogP contribution in [0, 0.1) is 0 Å². The molecule has 70 valence electrons. The van der Waals surface area contributed by atoms with Gasteiger partial charge in [-0.05, 0) is 31.1 Å². The summed E-state index contributed by atoms with van der Waals surface area (Å²) in [6.45, 7) is 0.0564. The van der Waals surface area contributed by atoms with E-state index in [-0.39, 0.29) is 12.1 Å². The minimum Gasteiger partial charge on any atom is -0.807 e. The standard InChI is InChI=1S/C7H7O5P/c8-13(9,10)5-1-2-6-7(3-5)12-4-11-6/h1-3H,4H2,(H2,8,9,10)/p-2. The molecule has 0 aromatic heterocycles. The zero-order valence-corrected chi connectivity index (χ0v) is 7.32. The van der Waals surface area contributed by atoms with Crippen molar-refractivity contribution in [3.8, 4) is 11.5 Å². The molecule has 0 N–H and O–H groups in total. The quantitative estimate of drug-likeness (QED) is 0.540. The minimum absolute atomic E-state index is 0.0564. The third-order valence-corrected chi connectivity index (χ3v) is 2.58. The average molecular weight is 200 g/mol. The number of hydrogen-bond donors (Lipinski definition) is 0. The van der Waals surface area contributed by atoms with Crippen molar-refractivity contribution in [3.63, 3.8) is 0 Å². The zero-order chi connectivity index (χ0) is 9.47. The fourth-order valence-corrected chi connectivity index (χ4v) is 1.59. The molecule has 13 heavy (non-hydrogen) atoms. The van der Waals surface area contributed by atoms with Gasteiger partial charge in [0.1, 0.15) is 0 Å². The summed E-state index contributed by atoms with van der Waals surface area (Å²) in [5, 5.41) is -0.281. The largest absolute Gasteiger partial charge is 0.807 e. The average Bonchev–Trinajstić information content (AvgIpc) is 2.47. The van der Waals surface area contributed by atoms with E-state index < -0.39 is 7.60 Å². The van der Waals surface area contributed by atoms with Gasteiger partial charge in [-0.3, -0.25) is 0 Å². The lowest BCUT2D eigenvalue weighted by Gasteiger charge is -2.29. The van der Waals surface area contributed by atoms with Crippen molar-refractivity contribution >= 4 is 12.9 Å². The molecule has 1 aliphatic heterocycles. The van der Waals surface area contributed by atoms with E-state index in [9.17, 15) is 14.4 Å². The summed E-state index contributed by atoms with van der Waals surface area (Å²) in [6.07, 6.45) is 0. The van der Waals surface area contributed by atoms with Crippen molar-refractivity contribution in [1.82, 2.24) is 0 Å².